The third-order valence-corrected chi connectivity index (χ3v) is 5.66. The second kappa shape index (κ2) is 6.11. The van der Waals surface area contributed by atoms with E-state index in [1.807, 2.05) is 0 Å². The molecule has 110 valence electrons. The lowest BCUT2D eigenvalue weighted by Crippen LogP contribution is -2.54. The summed E-state index contributed by atoms with van der Waals surface area (Å²) in [7, 11) is 0. The summed E-state index contributed by atoms with van der Waals surface area (Å²) in [5.41, 5.74) is 0.433. The van der Waals surface area contributed by atoms with Crippen LogP contribution in [0.3, 0.4) is 0 Å². The van der Waals surface area contributed by atoms with Crippen molar-refractivity contribution >= 4 is 0 Å². The predicted molar refractivity (Wildman–Crippen MR) is 78.4 cm³/mol. The average Bonchev–Trinajstić information content (AvgIpc) is 2.90. The molecule has 0 aromatic carbocycles. The van der Waals surface area contributed by atoms with Gasteiger partial charge in [0.15, 0.2) is 0 Å². The molecule has 1 saturated carbocycles. The summed E-state index contributed by atoms with van der Waals surface area (Å²) >= 11 is 0. The van der Waals surface area contributed by atoms with Crippen molar-refractivity contribution in [3.05, 3.63) is 0 Å². The van der Waals surface area contributed by atoms with E-state index in [2.05, 4.69) is 17.1 Å². The maximum atomic E-state index is 5.59. The highest BCUT2D eigenvalue weighted by molar-refractivity contribution is 4.97. The van der Waals surface area contributed by atoms with Gasteiger partial charge in [-0.25, -0.2) is 0 Å². The van der Waals surface area contributed by atoms with Crippen molar-refractivity contribution in [3.8, 4) is 0 Å². The van der Waals surface area contributed by atoms with E-state index >= 15 is 0 Å². The minimum absolute atomic E-state index is 0.433. The smallest absolute Gasteiger partial charge is 0.0509 e. The summed E-state index contributed by atoms with van der Waals surface area (Å²) in [4.78, 5) is 2.77. The largest absolute Gasteiger partial charge is 0.381 e. The highest BCUT2D eigenvalue weighted by Gasteiger charge is 2.37. The highest BCUT2D eigenvalue weighted by atomic mass is 16.5. The summed E-state index contributed by atoms with van der Waals surface area (Å²) in [5, 5.41) is 3.90. The molecule has 1 aliphatic carbocycles. The van der Waals surface area contributed by atoms with Crippen LogP contribution in [-0.2, 0) is 4.74 Å². The van der Waals surface area contributed by atoms with Gasteiger partial charge in [-0.1, -0.05) is 19.3 Å². The summed E-state index contributed by atoms with van der Waals surface area (Å²) in [6.45, 7) is 8.15. The molecular weight excluding hydrogens is 236 g/mol. The third kappa shape index (κ3) is 3.14. The quantitative estimate of drug-likeness (QED) is 0.830. The number of ether oxygens (including phenoxy) is 1. The lowest BCUT2D eigenvalue weighted by atomic mass is 9.81. The summed E-state index contributed by atoms with van der Waals surface area (Å²) < 4.78 is 5.59. The van der Waals surface area contributed by atoms with Crippen LogP contribution in [0.15, 0.2) is 0 Å². The van der Waals surface area contributed by atoms with Crippen LogP contribution < -0.4 is 5.32 Å². The van der Waals surface area contributed by atoms with Crippen LogP contribution in [-0.4, -0.2) is 49.3 Å². The Morgan fingerprint density at radius 2 is 2.05 bits per heavy atom. The Balaban J connectivity index is 1.66. The van der Waals surface area contributed by atoms with Crippen LogP contribution >= 0.6 is 0 Å². The van der Waals surface area contributed by atoms with E-state index in [0.717, 1.165) is 19.1 Å². The number of nitrogens with zero attached hydrogens (tertiary/aromatic N) is 1. The molecule has 3 aliphatic rings. The molecule has 0 aromatic heterocycles. The molecule has 2 aliphatic heterocycles. The molecule has 1 N–H and O–H groups in total. The van der Waals surface area contributed by atoms with Gasteiger partial charge in [0.1, 0.15) is 0 Å². The number of rotatable bonds is 2. The Morgan fingerprint density at radius 3 is 2.79 bits per heavy atom. The van der Waals surface area contributed by atoms with E-state index in [0.29, 0.717) is 11.6 Å². The molecule has 2 unspecified atom stereocenters. The van der Waals surface area contributed by atoms with Crippen molar-refractivity contribution in [2.75, 3.05) is 32.8 Å². The fraction of sp³-hybridized carbons (Fsp3) is 1.00. The SMILES string of the molecule is CC(C1CCOC1)N1CCCNC2(CCCCC2)C1. The zero-order valence-corrected chi connectivity index (χ0v) is 12.5. The topological polar surface area (TPSA) is 24.5 Å². The van der Waals surface area contributed by atoms with E-state index < -0.39 is 0 Å². The first-order valence-corrected chi connectivity index (χ1v) is 8.36. The lowest BCUT2D eigenvalue weighted by molar-refractivity contribution is 0.0949. The maximum absolute atomic E-state index is 5.59. The molecule has 2 saturated heterocycles. The van der Waals surface area contributed by atoms with Gasteiger partial charge in [0.25, 0.3) is 0 Å². The minimum Gasteiger partial charge on any atom is -0.381 e. The molecule has 3 nitrogen and oxygen atoms in total. The first-order valence-electron chi connectivity index (χ1n) is 8.36. The zero-order chi connectivity index (χ0) is 13.1. The van der Waals surface area contributed by atoms with Crippen LogP contribution in [0.5, 0.6) is 0 Å². The minimum atomic E-state index is 0.433. The molecule has 0 amide bonds. The van der Waals surface area contributed by atoms with Crippen molar-refractivity contribution < 1.29 is 4.74 Å². The highest BCUT2D eigenvalue weighted by Crippen LogP contribution is 2.32. The van der Waals surface area contributed by atoms with Gasteiger partial charge in [0.2, 0.25) is 0 Å². The van der Waals surface area contributed by atoms with E-state index in [1.165, 1.54) is 64.6 Å². The van der Waals surface area contributed by atoms with Crippen molar-refractivity contribution in [2.24, 2.45) is 5.92 Å². The predicted octanol–water partition coefficient (Wildman–Crippen LogP) is 2.41. The summed E-state index contributed by atoms with van der Waals surface area (Å²) in [6.07, 6.45) is 9.62. The molecular formula is C16H30N2O. The second-order valence-corrected chi connectivity index (χ2v) is 6.96. The van der Waals surface area contributed by atoms with Gasteiger partial charge in [-0.05, 0) is 51.6 Å². The summed E-state index contributed by atoms with van der Waals surface area (Å²) in [6, 6.07) is 0.696. The Morgan fingerprint density at radius 1 is 1.21 bits per heavy atom. The Bertz CT molecular complexity index is 282. The number of nitrogens with one attached hydrogen (secondary N) is 1. The second-order valence-electron chi connectivity index (χ2n) is 6.96. The molecule has 2 atom stereocenters. The molecule has 0 radical (unpaired) electrons. The maximum Gasteiger partial charge on any atom is 0.0509 e. The van der Waals surface area contributed by atoms with Crippen molar-refractivity contribution in [1.82, 2.24) is 10.2 Å². The number of hydrogen-bond donors (Lipinski definition) is 1. The molecule has 2 heterocycles. The fourth-order valence-electron chi connectivity index (χ4n) is 4.30. The summed E-state index contributed by atoms with van der Waals surface area (Å²) in [5.74, 6) is 0.763. The lowest BCUT2D eigenvalue weighted by Gasteiger charge is -2.42. The van der Waals surface area contributed by atoms with E-state index in [4.69, 9.17) is 4.74 Å². The number of hydrogen-bond acceptors (Lipinski definition) is 3. The Kier molecular flexibility index (Phi) is 4.45. The monoisotopic (exact) mass is 266 g/mol. The van der Waals surface area contributed by atoms with Crippen LogP contribution in [0.25, 0.3) is 0 Å². The Labute approximate surface area is 118 Å². The van der Waals surface area contributed by atoms with Gasteiger partial charge in [0.05, 0.1) is 6.61 Å². The molecule has 1 spiro atoms. The van der Waals surface area contributed by atoms with Crippen LogP contribution in [0, 0.1) is 5.92 Å². The van der Waals surface area contributed by atoms with Crippen LogP contribution in [0.4, 0.5) is 0 Å². The molecule has 19 heavy (non-hydrogen) atoms. The van der Waals surface area contributed by atoms with Crippen LogP contribution in [0.1, 0.15) is 51.9 Å². The van der Waals surface area contributed by atoms with Gasteiger partial charge in [-0.3, -0.25) is 4.90 Å². The van der Waals surface area contributed by atoms with E-state index in [9.17, 15) is 0 Å². The fourth-order valence-corrected chi connectivity index (χ4v) is 4.30. The molecule has 3 fully saturated rings. The molecule has 3 heteroatoms. The van der Waals surface area contributed by atoms with Gasteiger partial charge < -0.3 is 10.1 Å². The zero-order valence-electron chi connectivity index (χ0n) is 12.5. The van der Waals surface area contributed by atoms with Gasteiger partial charge >= 0.3 is 0 Å². The van der Waals surface area contributed by atoms with Crippen molar-refractivity contribution in [3.63, 3.8) is 0 Å². The van der Waals surface area contributed by atoms with Gasteiger partial charge in [-0.2, -0.15) is 0 Å². The van der Waals surface area contributed by atoms with E-state index in [1.54, 1.807) is 0 Å². The molecule has 3 rings (SSSR count). The Hall–Kier alpha value is -0.120. The van der Waals surface area contributed by atoms with Crippen LogP contribution in [0.2, 0.25) is 0 Å². The molecule has 0 aromatic rings. The van der Waals surface area contributed by atoms with Gasteiger partial charge in [0, 0.05) is 24.7 Å². The molecule has 0 bridgehead atoms. The first kappa shape index (κ1) is 13.8. The van der Waals surface area contributed by atoms with Crippen molar-refractivity contribution in [2.45, 2.75) is 63.5 Å². The van der Waals surface area contributed by atoms with E-state index in [-0.39, 0.29) is 0 Å². The first-order chi connectivity index (χ1) is 9.29. The average molecular weight is 266 g/mol. The van der Waals surface area contributed by atoms with Crippen molar-refractivity contribution in [1.29, 1.82) is 0 Å². The van der Waals surface area contributed by atoms with Gasteiger partial charge in [-0.15, -0.1) is 0 Å². The third-order valence-electron chi connectivity index (χ3n) is 5.66. The standard InChI is InChI=1S/C16H30N2O/c1-14(15-6-11-19-12-15)18-10-5-9-17-16(13-18)7-3-2-4-8-16/h14-15,17H,2-13H2,1H3. The normalized spacial score (nSPS) is 34.3.